The van der Waals surface area contributed by atoms with Crippen molar-refractivity contribution in [2.45, 2.75) is 26.7 Å². The maximum absolute atomic E-state index is 4.52. The summed E-state index contributed by atoms with van der Waals surface area (Å²) in [5.41, 5.74) is 5.88. The second-order valence-corrected chi connectivity index (χ2v) is 5.65. The van der Waals surface area contributed by atoms with Crippen LogP contribution in [0.2, 0.25) is 0 Å². The third-order valence-corrected chi connectivity index (χ3v) is 3.76. The van der Waals surface area contributed by atoms with Gasteiger partial charge in [0.2, 0.25) is 0 Å². The van der Waals surface area contributed by atoms with E-state index in [1.54, 1.807) is 0 Å². The molecule has 0 unspecified atom stereocenters. The van der Waals surface area contributed by atoms with Gasteiger partial charge in [0.05, 0.1) is 5.69 Å². The summed E-state index contributed by atoms with van der Waals surface area (Å²) in [4.78, 5) is 8.96. The Bertz CT molecular complexity index is 725. The summed E-state index contributed by atoms with van der Waals surface area (Å²) in [7, 11) is 2.03. The number of nitrogens with zero attached hydrogens (tertiary/aromatic N) is 3. The standard InChI is InChI=1S/C17H19N3/c1-11(2)13-5-6-18-16(8-13)14-7-15-12(3)9-19-17(15)20(4)10-14/h5-11H,1-4H3. The third kappa shape index (κ3) is 2.09. The lowest BCUT2D eigenvalue weighted by Gasteiger charge is -2.12. The van der Waals surface area contributed by atoms with Crippen LogP contribution in [0.1, 0.15) is 30.9 Å². The number of fused-ring (bicyclic) bond motifs is 1. The van der Waals surface area contributed by atoms with E-state index in [0.29, 0.717) is 5.92 Å². The van der Waals surface area contributed by atoms with Gasteiger partial charge in [0.15, 0.2) is 0 Å². The zero-order valence-electron chi connectivity index (χ0n) is 12.4. The minimum absolute atomic E-state index is 0.511. The zero-order valence-corrected chi connectivity index (χ0v) is 12.4. The molecule has 0 amide bonds. The molecule has 0 aliphatic carbocycles. The van der Waals surface area contributed by atoms with Crippen molar-refractivity contribution in [2.24, 2.45) is 7.05 Å². The highest BCUT2D eigenvalue weighted by Crippen LogP contribution is 2.30. The van der Waals surface area contributed by atoms with Crippen molar-refractivity contribution in [3.63, 3.8) is 0 Å². The maximum atomic E-state index is 4.52. The first kappa shape index (κ1) is 12.9. The van der Waals surface area contributed by atoms with Crippen molar-refractivity contribution >= 4 is 0 Å². The number of aryl methyl sites for hydroxylation is 2. The van der Waals surface area contributed by atoms with Crippen molar-refractivity contribution in [3.8, 4) is 22.6 Å². The molecule has 0 radical (unpaired) electrons. The van der Waals surface area contributed by atoms with Crippen LogP contribution in [0.15, 0.2) is 36.8 Å². The SMILES string of the molecule is Cc1cnc2n(C)cc(-c3cc(C(C)C)ccn3)cc1-2. The number of hydrogen-bond donors (Lipinski definition) is 0. The van der Waals surface area contributed by atoms with Gasteiger partial charge < -0.3 is 4.57 Å². The Morgan fingerprint density at radius 3 is 2.70 bits per heavy atom. The third-order valence-electron chi connectivity index (χ3n) is 3.76. The molecule has 102 valence electrons. The number of hydrogen-bond acceptors (Lipinski definition) is 2. The quantitative estimate of drug-likeness (QED) is 0.700. The fourth-order valence-electron chi connectivity index (χ4n) is 2.50. The lowest BCUT2D eigenvalue weighted by Crippen LogP contribution is -1.99. The van der Waals surface area contributed by atoms with Gasteiger partial charge in [-0.1, -0.05) is 13.8 Å². The Hall–Kier alpha value is -2.16. The van der Waals surface area contributed by atoms with Crippen molar-refractivity contribution in [1.82, 2.24) is 14.5 Å². The van der Waals surface area contributed by atoms with Crippen LogP contribution in [0.3, 0.4) is 0 Å². The lowest BCUT2D eigenvalue weighted by molar-refractivity contribution is 0.862. The predicted octanol–water partition coefficient (Wildman–Crippen LogP) is 4.02. The average Bonchev–Trinajstić information content (AvgIpc) is 2.81. The average molecular weight is 265 g/mol. The highest BCUT2D eigenvalue weighted by Gasteiger charge is 2.13. The van der Waals surface area contributed by atoms with E-state index in [2.05, 4.69) is 59.7 Å². The Labute approximate surface area is 119 Å². The van der Waals surface area contributed by atoms with E-state index in [0.717, 1.165) is 17.1 Å². The minimum atomic E-state index is 0.511. The van der Waals surface area contributed by atoms with E-state index >= 15 is 0 Å². The van der Waals surface area contributed by atoms with Crippen LogP contribution in [0.5, 0.6) is 0 Å². The molecule has 0 saturated heterocycles. The monoisotopic (exact) mass is 265 g/mol. The van der Waals surface area contributed by atoms with Crippen molar-refractivity contribution in [3.05, 3.63) is 47.9 Å². The van der Waals surface area contributed by atoms with E-state index in [9.17, 15) is 0 Å². The first-order valence-electron chi connectivity index (χ1n) is 6.94. The molecule has 1 aromatic rings. The Morgan fingerprint density at radius 2 is 1.95 bits per heavy atom. The predicted molar refractivity (Wildman–Crippen MR) is 81.9 cm³/mol. The maximum Gasteiger partial charge on any atom is 0.139 e. The van der Waals surface area contributed by atoms with Crippen LogP contribution in [-0.4, -0.2) is 14.5 Å². The summed E-state index contributed by atoms with van der Waals surface area (Å²) in [6.07, 6.45) is 5.92. The summed E-state index contributed by atoms with van der Waals surface area (Å²) in [5, 5.41) is 0. The molecule has 2 aliphatic heterocycles. The van der Waals surface area contributed by atoms with Gasteiger partial charge in [0.1, 0.15) is 5.82 Å². The van der Waals surface area contributed by atoms with Crippen LogP contribution in [-0.2, 0) is 7.05 Å². The molecule has 20 heavy (non-hydrogen) atoms. The van der Waals surface area contributed by atoms with Crippen LogP contribution in [0.4, 0.5) is 0 Å². The molecule has 0 spiro atoms. The molecule has 2 aliphatic rings. The van der Waals surface area contributed by atoms with Gasteiger partial charge in [-0.3, -0.25) is 4.98 Å². The Balaban J connectivity index is 2.17. The molecule has 0 atom stereocenters. The normalized spacial score (nSPS) is 11.4. The molecule has 0 N–H and O–H groups in total. The minimum Gasteiger partial charge on any atom is -0.335 e. The molecule has 3 heterocycles. The smallest absolute Gasteiger partial charge is 0.139 e. The highest BCUT2D eigenvalue weighted by atomic mass is 15.0. The molecular formula is C17H19N3. The van der Waals surface area contributed by atoms with Gasteiger partial charge >= 0.3 is 0 Å². The van der Waals surface area contributed by atoms with Gasteiger partial charge in [0, 0.05) is 36.8 Å². The van der Waals surface area contributed by atoms with Gasteiger partial charge in [-0.25, -0.2) is 4.98 Å². The second-order valence-electron chi connectivity index (χ2n) is 5.65. The van der Waals surface area contributed by atoms with Crippen LogP contribution < -0.4 is 0 Å². The molecule has 0 aromatic carbocycles. The Morgan fingerprint density at radius 1 is 1.15 bits per heavy atom. The van der Waals surface area contributed by atoms with Crippen molar-refractivity contribution in [1.29, 1.82) is 0 Å². The first-order chi connectivity index (χ1) is 9.56. The van der Waals surface area contributed by atoms with Crippen molar-refractivity contribution in [2.75, 3.05) is 0 Å². The summed E-state index contributed by atoms with van der Waals surface area (Å²) in [5.74, 6) is 1.53. The molecule has 1 aromatic heterocycles. The molecule has 3 nitrogen and oxygen atoms in total. The van der Waals surface area contributed by atoms with E-state index in [4.69, 9.17) is 0 Å². The molecule has 0 saturated carbocycles. The van der Waals surface area contributed by atoms with Gasteiger partial charge in [-0.2, -0.15) is 0 Å². The molecule has 3 heteroatoms. The molecule has 3 rings (SSSR count). The van der Waals surface area contributed by atoms with Gasteiger partial charge in [0.25, 0.3) is 0 Å². The van der Waals surface area contributed by atoms with E-state index in [1.165, 1.54) is 16.7 Å². The van der Waals surface area contributed by atoms with Crippen LogP contribution >= 0.6 is 0 Å². The number of pyridine rings is 2. The lowest BCUT2D eigenvalue weighted by atomic mass is 10.0. The largest absolute Gasteiger partial charge is 0.335 e. The molecule has 0 fully saturated rings. The van der Waals surface area contributed by atoms with E-state index in [-0.39, 0.29) is 0 Å². The summed E-state index contributed by atoms with van der Waals surface area (Å²) < 4.78 is 2.07. The van der Waals surface area contributed by atoms with E-state index in [1.807, 2.05) is 19.4 Å². The van der Waals surface area contributed by atoms with Crippen molar-refractivity contribution < 1.29 is 0 Å². The van der Waals surface area contributed by atoms with Gasteiger partial charge in [-0.05, 0) is 42.2 Å². The number of aromatic nitrogens is 3. The van der Waals surface area contributed by atoms with E-state index < -0.39 is 0 Å². The Kier molecular flexibility index (Phi) is 3.05. The van der Waals surface area contributed by atoms with Gasteiger partial charge in [-0.15, -0.1) is 0 Å². The molecule has 0 bridgehead atoms. The van der Waals surface area contributed by atoms with Crippen LogP contribution in [0.25, 0.3) is 22.6 Å². The second kappa shape index (κ2) is 4.75. The summed E-state index contributed by atoms with van der Waals surface area (Å²) in [6.45, 7) is 6.50. The molecular weight excluding hydrogens is 246 g/mol. The topological polar surface area (TPSA) is 30.7 Å². The van der Waals surface area contributed by atoms with Crippen LogP contribution in [0, 0.1) is 6.92 Å². The number of rotatable bonds is 2. The fourth-order valence-corrected chi connectivity index (χ4v) is 2.50. The first-order valence-corrected chi connectivity index (χ1v) is 6.94. The highest BCUT2D eigenvalue weighted by molar-refractivity contribution is 5.71. The summed E-state index contributed by atoms with van der Waals surface area (Å²) >= 11 is 0. The summed E-state index contributed by atoms with van der Waals surface area (Å²) in [6, 6.07) is 6.45. The fraction of sp³-hybridized carbons (Fsp3) is 0.294. The zero-order chi connectivity index (χ0) is 14.3.